The number of hydrogen-bond acceptors (Lipinski definition) is 3. The lowest BCUT2D eigenvalue weighted by Gasteiger charge is -2.26. The summed E-state index contributed by atoms with van der Waals surface area (Å²) in [6.07, 6.45) is 10.9. The van der Waals surface area contributed by atoms with Crippen LogP contribution in [-0.2, 0) is 10.2 Å². The van der Waals surface area contributed by atoms with Crippen LogP contribution in [0.1, 0.15) is 19.4 Å². The summed E-state index contributed by atoms with van der Waals surface area (Å²) in [5.74, 6) is 0.0188. The second kappa shape index (κ2) is 6.01. The Hall–Kier alpha value is -2.39. The molecule has 1 N–H and O–H groups in total. The fourth-order valence-electron chi connectivity index (χ4n) is 3.24. The quantitative estimate of drug-likeness (QED) is 0.931. The summed E-state index contributed by atoms with van der Waals surface area (Å²) in [5, 5.41) is 9.44. The van der Waals surface area contributed by atoms with Gasteiger partial charge in [0.25, 0.3) is 0 Å². The summed E-state index contributed by atoms with van der Waals surface area (Å²) < 4.78 is 0. The van der Waals surface area contributed by atoms with Crippen LogP contribution in [0.3, 0.4) is 0 Å². The number of aliphatic hydroxyl groups excluding tert-OH is 1. The molecule has 1 aromatic rings. The van der Waals surface area contributed by atoms with Crippen LogP contribution >= 0.6 is 0 Å². The van der Waals surface area contributed by atoms with E-state index < -0.39 is 0 Å². The minimum Gasteiger partial charge on any atom is -0.395 e. The number of allylic oxidation sites excluding steroid dienone is 8. The number of benzene rings is 1. The number of para-hydroxylation sites is 1. The highest BCUT2D eigenvalue weighted by Crippen LogP contribution is 2.47. The Labute approximate surface area is 136 Å². The minimum atomic E-state index is -0.124. The van der Waals surface area contributed by atoms with Gasteiger partial charge in [-0.3, -0.25) is 4.79 Å². The molecule has 1 aromatic carbocycles. The van der Waals surface area contributed by atoms with Gasteiger partial charge < -0.3 is 10.0 Å². The number of hydrogen-bond donors (Lipinski definition) is 1. The van der Waals surface area contributed by atoms with E-state index in [1.165, 1.54) is 5.56 Å². The molecule has 1 heterocycles. The number of aliphatic hydroxyl groups is 1. The van der Waals surface area contributed by atoms with E-state index in [0.29, 0.717) is 6.54 Å². The molecule has 0 saturated heterocycles. The fraction of sp³-hybridized carbons (Fsp3) is 0.250. The van der Waals surface area contributed by atoms with E-state index in [-0.39, 0.29) is 17.8 Å². The third kappa shape index (κ3) is 2.80. The zero-order valence-corrected chi connectivity index (χ0v) is 13.5. The first kappa shape index (κ1) is 15.5. The lowest BCUT2D eigenvalue weighted by Crippen LogP contribution is -2.28. The maximum Gasteiger partial charge on any atom is 0.178 e. The van der Waals surface area contributed by atoms with Gasteiger partial charge in [-0.2, -0.15) is 0 Å². The van der Waals surface area contributed by atoms with Crippen molar-refractivity contribution in [2.24, 2.45) is 0 Å². The minimum absolute atomic E-state index is 0.0188. The first-order valence-electron chi connectivity index (χ1n) is 7.84. The van der Waals surface area contributed by atoms with Gasteiger partial charge in [0.2, 0.25) is 0 Å². The smallest absolute Gasteiger partial charge is 0.178 e. The van der Waals surface area contributed by atoms with Gasteiger partial charge in [-0.05, 0) is 35.4 Å². The lowest BCUT2D eigenvalue weighted by molar-refractivity contribution is -0.110. The molecule has 0 atom stereocenters. The van der Waals surface area contributed by atoms with E-state index in [4.69, 9.17) is 0 Å². The first-order chi connectivity index (χ1) is 11.0. The number of nitrogens with zero attached hydrogens (tertiary/aromatic N) is 1. The van der Waals surface area contributed by atoms with Crippen LogP contribution in [0.25, 0.3) is 0 Å². The van der Waals surface area contributed by atoms with Crippen molar-refractivity contribution < 1.29 is 9.90 Å². The number of ketones is 1. The monoisotopic (exact) mass is 307 g/mol. The molecule has 0 aromatic heterocycles. The zero-order valence-electron chi connectivity index (χ0n) is 13.5. The zero-order chi connectivity index (χ0) is 16.4. The van der Waals surface area contributed by atoms with Crippen molar-refractivity contribution in [1.29, 1.82) is 0 Å². The van der Waals surface area contributed by atoms with Crippen LogP contribution in [-0.4, -0.2) is 24.0 Å². The molecule has 3 rings (SSSR count). The summed E-state index contributed by atoms with van der Waals surface area (Å²) in [4.78, 5) is 13.4. The Morgan fingerprint density at radius 2 is 1.78 bits per heavy atom. The molecule has 0 fully saturated rings. The summed E-state index contributed by atoms with van der Waals surface area (Å²) in [6, 6.07) is 8.32. The third-order valence-electron chi connectivity index (χ3n) is 4.44. The standard InChI is InChI=1S/C20H21NO2/c1-20(2)17-5-3-4-6-18(17)21(13-14-22)19(20)12-9-15-7-10-16(23)11-8-15/h3-12,22H,13-14H2,1-2H3. The molecule has 1 aliphatic heterocycles. The highest BCUT2D eigenvalue weighted by molar-refractivity contribution is 6.01. The van der Waals surface area contributed by atoms with Gasteiger partial charge >= 0.3 is 0 Å². The van der Waals surface area contributed by atoms with Crippen LogP contribution in [0.4, 0.5) is 5.69 Å². The largest absolute Gasteiger partial charge is 0.395 e. The van der Waals surface area contributed by atoms with Crippen molar-refractivity contribution in [3.05, 3.63) is 77.6 Å². The van der Waals surface area contributed by atoms with Crippen molar-refractivity contribution in [3.8, 4) is 0 Å². The van der Waals surface area contributed by atoms with Crippen LogP contribution < -0.4 is 4.90 Å². The molecule has 0 saturated carbocycles. The maximum atomic E-state index is 11.2. The summed E-state index contributed by atoms with van der Waals surface area (Å²) in [6.45, 7) is 5.07. The molecule has 1 aliphatic carbocycles. The van der Waals surface area contributed by atoms with Gasteiger partial charge in [-0.15, -0.1) is 0 Å². The summed E-state index contributed by atoms with van der Waals surface area (Å²) in [5.41, 5.74) is 4.44. The first-order valence-corrected chi connectivity index (χ1v) is 7.84. The predicted octanol–water partition coefficient (Wildman–Crippen LogP) is 3.28. The molecule has 3 nitrogen and oxygen atoms in total. The van der Waals surface area contributed by atoms with Gasteiger partial charge in [-0.25, -0.2) is 0 Å². The molecular weight excluding hydrogens is 286 g/mol. The van der Waals surface area contributed by atoms with Crippen molar-refractivity contribution in [2.45, 2.75) is 19.3 Å². The van der Waals surface area contributed by atoms with Crippen molar-refractivity contribution in [2.75, 3.05) is 18.1 Å². The van der Waals surface area contributed by atoms with Crippen LogP contribution in [0.15, 0.2) is 72.0 Å². The van der Waals surface area contributed by atoms with Gasteiger partial charge in [0, 0.05) is 23.3 Å². The van der Waals surface area contributed by atoms with E-state index in [1.807, 2.05) is 24.3 Å². The van der Waals surface area contributed by atoms with Crippen molar-refractivity contribution in [3.63, 3.8) is 0 Å². The van der Waals surface area contributed by atoms with E-state index in [2.05, 4.69) is 43.0 Å². The van der Waals surface area contributed by atoms with E-state index in [0.717, 1.165) is 17.0 Å². The summed E-state index contributed by atoms with van der Waals surface area (Å²) >= 11 is 0. The van der Waals surface area contributed by atoms with Crippen LogP contribution in [0, 0.1) is 0 Å². The second-order valence-corrected chi connectivity index (χ2v) is 6.31. The van der Waals surface area contributed by atoms with Crippen LogP contribution in [0.5, 0.6) is 0 Å². The number of anilines is 1. The van der Waals surface area contributed by atoms with Gasteiger partial charge in [0.05, 0.1) is 6.61 Å². The number of fused-ring (bicyclic) bond motifs is 1. The van der Waals surface area contributed by atoms with Gasteiger partial charge in [-0.1, -0.05) is 50.3 Å². The average Bonchev–Trinajstić information content (AvgIpc) is 2.76. The average molecular weight is 307 g/mol. The van der Waals surface area contributed by atoms with Crippen LogP contribution in [0.2, 0.25) is 0 Å². The van der Waals surface area contributed by atoms with Gasteiger partial charge in [0.1, 0.15) is 0 Å². The molecule has 118 valence electrons. The molecule has 0 unspecified atom stereocenters. The molecule has 0 radical (unpaired) electrons. The Kier molecular flexibility index (Phi) is 4.05. The van der Waals surface area contributed by atoms with E-state index >= 15 is 0 Å². The van der Waals surface area contributed by atoms with E-state index in [9.17, 15) is 9.90 Å². The molecule has 0 amide bonds. The molecule has 2 aliphatic rings. The number of β-amino-alcohol motifs (C(OH)–C–C–N with tert-alkyl or cyclic N) is 1. The Morgan fingerprint density at radius 3 is 2.48 bits per heavy atom. The SMILES string of the molecule is CC1(C)C(=CC=C2C=CC(=O)C=C2)N(CCO)c2ccccc21. The number of carbonyl (C=O) groups excluding carboxylic acids is 1. The normalized spacial score (nSPS) is 20.3. The van der Waals surface area contributed by atoms with E-state index in [1.54, 1.807) is 12.2 Å². The Morgan fingerprint density at radius 1 is 1.09 bits per heavy atom. The fourth-order valence-corrected chi connectivity index (χ4v) is 3.24. The molecule has 23 heavy (non-hydrogen) atoms. The highest BCUT2D eigenvalue weighted by Gasteiger charge is 2.39. The summed E-state index contributed by atoms with van der Waals surface area (Å²) in [7, 11) is 0. The van der Waals surface area contributed by atoms with Crippen molar-refractivity contribution in [1.82, 2.24) is 0 Å². The highest BCUT2D eigenvalue weighted by atomic mass is 16.3. The lowest BCUT2D eigenvalue weighted by atomic mass is 9.83. The topological polar surface area (TPSA) is 40.5 Å². The third-order valence-corrected chi connectivity index (χ3v) is 4.44. The second-order valence-electron chi connectivity index (χ2n) is 6.31. The predicted molar refractivity (Wildman–Crippen MR) is 93.4 cm³/mol. The molecule has 0 spiro atoms. The van der Waals surface area contributed by atoms with Gasteiger partial charge in [0.15, 0.2) is 5.78 Å². The number of rotatable bonds is 3. The molecular formula is C20H21NO2. The van der Waals surface area contributed by atoms with Crippen molar-refractivity contribution >= 4 is 11.5 Å². The molecule has 0 bridgehead atoms. The number of carbonyl (C=O) groups is 1. The Bertz CT molecular complexity index is 733. The maximum absolute atomic E-state index is 11.2. The Balaban J connectivity index is 2.02. The molecule has 3 heteroatoms.